The van der Waals surface area contributed by atoms with Gasteiger partial charge >= 0.3 is 0 Å². The molecule has 2 amide bonds. The maximum Gasteiger partial charge on any atom is 0.246 e. The van der Waals surface area contributed by atoms with Crippen LogP contribution in [0.3, 0.4) is 0 Å². The van der Waals surface area contributed by atoms with Gasteiger partial charge in [-0.15, -0.1) is 0 Å². The molecule has 0 spiro atoms. The summed E-state index contributed by atoms with van der Waals surface area (Å²) < 4.78 is 1.89. The predicted molar refractivity (Wildman–Crippen MR) is 142 cm³/mol. The number of imidazole rings is 1. The van der Waals surface area contributed by atoms with E-state index in [1.165, 1.54) is 0 Å². The van der Waals surface area contributed by atoms with Crippen LogP contribution in [0.1, 0.15) is 24.0 Å². The molecule has 1 heterocycles. The predicted octanol–water partition coefficient (Wildman–Crippen LogP) is 5.27. The second-order valence-electron chi connectivity index (χ2n) is 9.45. The standard InChI is InChI=1S/C30H30N4O2/c1-22-12-16-26(17-13-22)34-20-27(25-10-6-3-7-11-25)31-30(34)32-28(35)21-33(19-24-14-15-24)29(36)18-23-8-4-2-5-9-23/h2-13,16-17,20,24H,14-15,18-19,21H2,1H3,(H,31,32,35). The van der Waals surface area contributed by atoms with Gasteiger partial charge in [-0.1, -0.05) is 78.4 Å². The number of aryl methyl sites for hydroxylation is 1. The van der Waals surface area contributed by atoms with Crippen molar-refractivity contribution < 1.29 is 9.59 Å². The molecule has 1 aliphatic carbocycles. The van der Waals surface area contributed by atoms with Crippen LogP contribution >= 0.6 is 0 Å². The molecular weight excluding hydrogens is 448 g/mol. The van der Waals surface area contributed by atoms with Crippen LogP contribution in [0.2, 0.25) is 0 Å². The number of anilines is 1. The van der Waals surface area contributed by atoms with Gasteiger partial charge in [0.2, 0.25) is 17.8 Å². The van der Waals surface area contributed by atoms with Gasteiger partial charge in [0.15, 0.2) is 0 Å². The van der Waals surface area contributed by atoms with E-state index >= 15 is 0 Å². The van der Waals surface area contributed by atoms with Crippen molar-refractivity contribution >= 4 is 17.8 Å². The Morgan fingerprint density at radius 2 is 1.61 bits per heavy atom. The number of amides is 2. The molecule has 0 radical (unpaired) electrons. The average Bonchev–Trinajstić information content (AvgIpc) is 3.62. The van der Waals surface area contributed by atoms with Gasteiger partial charge in [-0.05, 0) is 43.4 Å². The Morgan fingerprint density at radius 3 is 2.28 bits per heavy atom. The Bertz CT molecular complexity index is 1330. The molecule has 0 unspecified atom stereocenters. The number of carbonyl (C=O) groups excluding carboxylic acids is 2. The number of rotatable bonds is 9. The topological polar surface area (TPSA) is 67.2 Å². The zero-order valence-electron chi connectivity index (χ0n) is 20.4. The molecule has 0 aliphatic heterocycles. The molecular formula is C30H30N4O2. The van der Waals surface area contributed by atoms with Gasteiger partial charge in [-0.25, -0.2) is 4.98 Å². The summed E-state index contributed by atoms with van der Waals surface area (Å²) >= 11 is 0. The van der Waals surface area contributed by atoms with Crippen molar-refractivity contribution in [2.24, 2.45) is 5.92 Å². The van der Waals surface area contributed by atoms with Gasteiger partial charge in [-0.2, -0.15) is 0 Å². The van der Waals surface area contributed by atoms with Crippen LogP contribution in [0, 0.1) is 12.8 Å². The summed E-state index contributed by atoms with van der Waals surface area (Å²) in [6.07, 6.45) is 4.43. The SMILES string of the molecule is Cc1ccc(-n2cc(-c3ccccc3)nc2NC(=O)CN(CC2CC2)C(=O)Cc2ccccc2)cc1. The van der Waals surface area contributed by atoms with Crippen molar-refractivity contribution in [3.8, 4) is 16.9 Å². The van der Waals surface area contributed by atoms with Crippen molar-refractivity contribution in [2.75, 3.05) is 18.4 Å². The summed E-state index contributed by atoms with van der Waals surface area (Å²) in [5, 5.41) is 2.98. The highest BCUT2D eigenvalue weighted by molar-refractivity contribution is 5.94. The van der Waals surface area contributed by atoms with E-state index in [0.717, 1.165) is 40.9 Å². The number of hydrogen-bond donors (Lipinski definition) is 1. The molecule has 1 aliphatic rings. The summed E-state index contributed by atoms with van der Waals surface area (Å²) in [5.41, 5.74) is 4.74. The Labute approximate surface area is 211 Å². The van der Waals surface area contributed by atoms with Crippen LogP contribution in [-0.4, -0.2) is 39.4 Å². The number of hydrogen-bond acceptors (Lipinski definition) is 3. The number of nitrogens with zero attached hydrogens (tertiary/aromatic N) is 3. The molecule has 0 bridgehead atoms. The average molecular weight is 479 g/mol. The van der Waals surface area contributed by atoms with Gasteiger partial charge in [0.05, 0.1) is 18.7 Å². The molecule has 1 N–H and O–H groups in total. The van der Waals surface area contributed by atoms with Crippen molar-refractivity contribution in [2.45, 2.75) is 26.2 Å². The molecule has 1 fully saturated rings. The summed E-state index contributed by atoms with van der Waals surface area (Å²) in [4.78, 5) is 32.7. The van der Waals surface area contributed by atoms with E-state index in [-0.39, 0.29) is 24.8 Å². The second kappa shape index (κ2) is 10.6. The van der Waals surface area contributed by atoms with Crippen LogP contribution in [0.15, 0.2) is 91.1 Å². The van der Waals surface area contributed by atoms with Gasteiger partial charge < -0.3 is 4.90 Å². The lowest BCUT2D eigenvalue weighted by molar-refractivity contribution is -0.134. The highest BCUT2D eigenvalue weighted by Gasteiger charge is 2.28. The van der Waals surface area contributed by atoms with Gasteiger partial charge in [0.25, 0.3) is 0 Å². The van der Waals surface area contributed by atoms with E-state index in [0.29, 0.717) is 18.4 Å². The zero-order chi connectivity index (χ0) is 24.9. The number of benzene rings is 3. The first-order chi connectivity index (χ1) is 17.5. The summed E-state index contributed by atoms with van der Waals surface area (Å²) in [6, 6.07) is 27.6. The Hall–Kier alpha value is -4.19. The minimum Gasteiger partial charge on any atom is -0.333 e. The quantitative estimate of drug-likeness (QED) is 0.356. The van der Waals surface area contributed by atoms with Crippen molar-refractivity contribution in [1.29, 1.82) is 0 Å². The van der Waals surface area contributed by atoms with Crippen molar-refractivity contribution in [3.63, 3.8) is 0 Å². The normalized spacial score (nSPS) is 12.8. The van der Waals surface area contributed by atoms with E-state index in [9.17, 15) is 9.59 Å². The van der Waals surface area contributed by atoms with Crippen molar-refractivity contribution in [1.82, 2.24) is 14.5 Å². The fourth-order valence-corrected chi connectivity index (χ4v) is 4.21. The summed E-state index contributed by atoms with van der Waals surface area (Å²) in [6.45, 7) is 2.65. The Morgan fingerprint density at radius 1 is 0.944 bits per heavy atom. The van der Waals surface area contributed by atoms with Gasteiger partial charge in [0.1, 0.15) is 0 Å². The first-order valence-corrected chi connectivity index (χ1v) is 12.4. The smallest absolute Gasteiger partial charge is 0.246 e. The lowest BCUT2D eigenvalue weighted by Gasteiger charge is -2.22. The van der Waals surface area contributed by atoms with Gasteiger partial charge in [0, 0.05) is 24.0 Å². The van der Waals surface area contributed by atoms with E-state index < -0.39 is 0 Å². The molecule has 1 saturated carbocycles. The molecule has 4 aromatic rings. The summed E-state index contributed by atoms with van der Waals surface area (Å²) in [7, 11) is 0. The number of aromatic nitrogens is 2. The fraction of sp³-hybridized carbons (Fsp3) is 0.233. The lowest BCUT2D eigenvalue weighted by atomic mass is 10.1. The van der Waals surface area contributed by atoms with Crippen LogP contribution in [0.5, 0.6) is 0 Å². The minimum atomic E-state index is -0.254. The Kier molecular flexibility index (Phi) is 6.94. The third-order valence-electron chi connectivity index (χ3n) is 6.40. The number of nitrogens with one attached hydrogen (secondary N) is 1. The zero-order valence-corrected chi connectivity index (χ0v) is 20.4. The van der Waals surface area contributed by atoms with E-state index in [1.54, 1.807) is 4.90 Å². The number of carbonyl (C=O) groups is 2. The lowest BCUT2D eigenvalue weighted by Crippen LogP contribution is -2.40. The molecule has 5 rings (SSSR count). The largest absolute Gasteiger partial charge is 0.333 e. The molecule has 0 saturated heterocycles. The van der Waals surface area contributed by atoms with Crippen LogP contribution in [-0.2, 0) is 16.0 Å². The highest BCUT2D eigenvalue weighted by atomic mass is 16.2. The first kappa shape index (κ1) is 23.5. The van der Waals surface area contributed by atoms with E-state index in [1.807, 2.05) is 103 Å². The molecule has 0 atom stereocenters. The highest BCUT2D eigenvalue weighted by Crippen LogP contribution is 2.30. The molecule has 6 heteroatoms. The summed E-state index contributed by atoms with van der Waals surface area (Å²) in [5.74, 6) is 0.632. The first-order valence-electron chi connectivity index (χ1n) is 12.4. The van der Waals surface area contributed by atoms with Gasteiger partial charge in [-0.3, -0.25) is 19.5 Å². The molecule has 3 aromatic carbocycles. The fourth-order valence-electron chi connectivity index (χ4n) is 4.21. The molecule has 1 aromatic heterocycles. The van der Waals surface area contributed by atoms with Crippen LogP contribution < -0.4 is 5.32 Å². The third-order valence-corrected chi connectivity index (χ3v) is 6.40. The minimum absolute atomic E-state index is 0.00357. The maximum atomic E-state index is 13.2. The molecule has 182 valence electrons. The van der Waals surface area contributed by atoms with Crippen LogP contribution in [0.4, 0.5) is 5.95 Å². The second-order valence-corrected chi connectivity index (χ2v) is 9.45. The van der Waals surface area contributed by atoms with Crippen LogP contribution in [0.25, 0.3) is 16.9 Å². The monoisotopic (exact) mass is 478 g/mol. The van der Waals surface area contributed by atoms with Crippen molar-refractivity contribution in [3.05, 3.63) is 102 Å². The van der Waals surface area contributed by atoms with E-state index in [4.69, 9.17) is 4.98 Å². The maximum absolute atomic E-state index is 13.2. The molecule has 36 heavy (non-hydrogen) atoms. The molecule has 6 nitrogen and oxygen atoms in total. The Balaban J connectivity index is 1.36. The van der Waals surface area contributed by atoms with E-state index in [2.05, 4.69) is 5.32 Å². The third kappa shape index (κ3) is 5.89.